The molecule has 0 bridgehead atoms. The van der Waals surface area contributed by atoms with E-state index in [1.54, 1.807) is 36.4 Å². The molecule has 0 radical (unpaired) electrons. The molecule has 2 aromatic carbocycles. The lowest BCUT2D eigenvalue weighted by Crippen LogP contribution is -2.45. The van der Waals surface area contributed by atoms with E-state index in [1.165, 1.54) is 14.0 Å². The van der Waals surface area contributed by atoms with Gasteiger partial charge in [-0.3, -0.25) is 9.10 Å². The van der Waals surface area contributed by atoms with Crippen LogP contribution in [0, 0.1) is 6.92 Å². The summed E-state index contributed by atoms with van der Waals surface area (Å²) in [4.78, 5) is 12.8. The van der Waals surface area contributed by atoms with Crippen molar-refractivity contribution < 1.29 is 22.7 Å². The maximum absolute atomic E-state index is 12.8. The normalized spacial score (nSPS) is 12.2. The highest BCUT2D eigenvalue weighted by Crippen LogP contribution is 2.27. The summed E-state index contributed by atoms with van der Waals surface area (Å²) >= 11 is 0. The largest absolute Gasteiger partial charge is 0.495 e. The maximum Gasteiger partial charge on any atom is 0.248 e. The Hall–Kier alpha value is -2.74. The van der Waals surface area contributed by atoms with Gasteiger partial charge in [-0.1, -0.05) is 6.07 Å². The van der Waals surface area contributed by atoms with E-state index in [4.69, 9.17) is 9.47 Å². The number of sulfonamides is 1. The zero-order chi connectivity index (χ0) is 20.9. The summed E-state index contributed by atoms with van der Waals surface area (Å²) in [5.41, 5.74) is 1.81. The Kier molecular flexibility index (Phi) is 6.90. The van der Waals surface area contributed by atoms with Gasteiger partial charge in [-0.05, 0) is 62.7 Å². The molecule has 0 aliphatic heterocycles. The van der Waals surface area contributed by atoms with Gasteiger partial charge in [-0.25, -0.2) is 8.42 Å². The van der Waals surface area contributed by atoms with E-state index in [2.05, 4.69) is 5.32 Å². The monoisotopic (exact) mass is 406 g/mol. The molecule has 0 unspecified atom stereocenters. The number of carbonyl (C=O) groups is 1. The van der Waals surface area contributed by atoms with Crippen LogP contribution in [-0.2, 0) is 14.8 Å². The van der Waals surface area contributed by atoms with Gasteiger partial charge >= 0.3 is 0 Å². The molecule has 1 atom stereocenters. The van der Waals surface area contributed by atoms with Gasteiger partial charge in [0, 0.05) is 0 Å². The zero-order valence-corrected chi connectivity index (χ0v) is 17.5. The van der Waals surface area contributed by atoms with Crippen molar-refractivity contribution in [3.05, 3.63) is 48.0 Å². The second kappa shape index (κ2) is 8.97. The van der Waals surface area contributed by atoms with Crippen molar-refractivity contribution in [3.63, 3.8) is 0 Å². The Balaban J connectivity index is 2.31. The molecular formula is C20H26N2O5S. The van der Waals surface area contributed by atoms with Crippen LogP contribution in [0.2, 0.25) is 0 Å². The van der Waals surface area contributed by atoms with Crippen LogP contribution in [0.25, 0.3) is 0 Å². The molecule has 8 heteroatoms. The van der Waals surface area contributed by atoms with Gasteiger partial charge in [0.05, 0.1) is 31.3 Å². The number of hydrogen-bond acceptors (Lipinski definition) is 5. The molecule has 28 heavy (non-hydrogen) atoms. The molecule has 0 fully saturated rings. The minimum absolute atomic E-state index is 0.379. The average Bonchev–Trinajstić information content (AvgIpc) is 2.62. The van der Waals surface area contributed by atoms with Gasteiger partial charge in [-0.2, -0.15) is 0 Å². The van der Waals surface area contributed by atoms with Crippen LogP contribution in [0.1, 0.15) is 19.4 Å². The SMILES string of the molecule is CCOc1ccc(N([C@@H](C)C(=O)Nc2cc(C)ccc2OC)S(C)(=O)=O)cc1. The zero-order valence-electron chi connectivity index (χ0n) is 16.7. The number of methoxy groups -OCH3 is 1. The molecule has 0 aliphatic rings. The summed E-state index contributed by atoms with van der Waals surface area (Å²) < 4.78 is 36.6. The molecule has 0 heterocycles. The number of benzene rings is 2. The van der Waals surface area contributed by atoms with Crippen LogP contribution in [0.4, 0.5) is 11.4 Å². The molecule has 152 valence electrons. The van der Waals surface area contributed by atoms with Crippen LogP contribution in [0.15, 0.2) is 42.5 Å². The number of amides is 1. The number of hydrogen-bond donors (Lipinski definition) is 1. The fourth-order valence-corrected chi connectivity index (χ4v) is 4.00. The third kappa shape index (κ3) is 5.16. The Morgan fingerprint density at radius 1 is 1.18 bits per heavy atom. The van der Waals surface area contributed by atoms with E-state index >= 15 is 0 Å². The summed E-state index contributed by atoms with van der Waals surface area (Å²) in [7, 11) is -2.20. The number of nitrogens with one attached hydrogen (secondary N) is 1. The van der Waals surface area contributed by atoms with E-state index in [-0.39, 0.29) is 0 Å². The van der Waals surface area contributed by atoms with Gasteiger partial charge in [0.15, 0.2) is 0 Å². The van der Waals surface area contributed by atoms with Crippen molar-refractivity contribution >= 4 is 27.3 Å². The first kappa shape index (κ1) is 21.6. The second-order valence-corrected chi connectivity index (χ2v) is 8.21. The first-order valence-electron chi connectivity index (χ1n) is 8.85. The predicted octanol–water partition coefficient (Wildman–Crippen LogP) is 3.20. The summed E-state index contributed by atoms with van der Waals surface area (Å²) in [5, 5.41) is 2.76. The second-order valence-electron chi connectivity index (χ2n) is 6.35. The van der Waals surface area contributed by atoms with Crippen molar-refractivity contribution in [2.24, 2.45) is 0 Å². The summed E-state index contributed by atoms with van der Waals surface area (Å²) in [6.07, 6.45) is 1.07. The topological polar surface area (TPSA) is 84.9 Å². The number of carbonyl (C=O) groups excluding carboxylic acids is 1. The molecule has 0 spiro atoms. The molecule has 7 nitrogen and oxygen atoms in total. The predicted molar refractivity (Wildman–Crippen MR) is 111 cm³/mol. The van der Waals surface area contributed by atoms with Crippen LogP contribution >= 0.6 is 0 Å². The number of ether oxygens (including phenoxy) is 2. The lowest BCUT2D eigenvalue weighted by Gasteiger charge is -2.28. The standard InChI is InChI=1S/C20H26N2O5S/c1-6-27-17-10-8-16(9-11-17)22(28(5,24)25)15(3)20(23)21-18-13-14(2)7-12-19(18)26-4/h7-13,15H,6H2,1-5H3,(H,21,23)/t15-/m0/s1. The molecule has 0 aromatic heterocycles. The van der Waals surface area contributed by atoms with Crippen molar-refractivity contribution in [1.82, 2.24) is 0 Å². The summed E-state index contributed by atoms with van der Waals surface area (Å²) in [6.45, 7) is 5.80. The van der Waals surface area contributed by atoms with E-state index in [0.29, 0.717) is 29.5 Å². The fourth-order valence-electron chi connectivity index (χ4n) is 2.82. The maximum atomic E-state index is 12.8. The molecule has 0 saturated heterocycles. The molecular weight excluding hydrogens is 380 g/mol. The minimum atomic E-state index is -3.70. The number of anilines is 2. The molecule has 0 saturated carbocycles. The third-order valence-corrected chi connectivity index (χ3v) is 5.35. The smallest absolute Gasteiger partial charge is 0.248 e. The Morgan fingerprint density at radius 3 is 2.36 bits per heavy atom. The first-order chi connectivity index (χ1) is 13.2. The lowest BCUT2D eigenvalue weighted by atomic mass is 10.2. The Morgan fingerprint density at radius 2 is 1.82 bits per heavy atom. The quantitative estimate of drug-likeness (QED) is 0.728. The van der Waals surface area contributed by atoms with E-state index in [9.17, 15) is 13.2 Å². The third-order valence-electron chi connectivity index (χ3n) is 4.10. The highest BCUT2D eigenvalue weighted by molar-refractivity contribution is 7.92. The van der Waals surface area contributed by atoms with E-state index in [1.807, 2.05) is 19.9 Å². The molecule has 2 aromatic rings. The van der Waals surface area contributed by atoms with Crippen LogP contribution in [-0.4, -0.2) is 40.3 Å². The van der Waals surface area contributed by atoms with Crippen LogP contribution < -0.4 is 19.1 Å². The van der Waals surface area contributed by atoms with Gasteiger partial charge in [0.25, 0.3) is 0 Å². The fraction of sp³-hybridized carbons (Fsp3) is 0.350. The van der Waals surface area contributed by atoms with Crippen molar-refractivity contribution in [1.29, 1.82) is 0 Å². The van der Waals surface area contributed by atoms with Gasteiger partial charge in [0.2, 0.25) is 15.9 Å². The molecule has 2 rings (SSSR count). The first-order valence-corrected chi connectivity index (χ1v) is 10.7. The summed E-state index contributed by atoms with van der Waals surface area (Å²) in [6, 6.07) is 11.0. The molecule has 0 aliphatic carbocycles. The van der Waals surface area contributed by atoms with Gasteiger partial charge in [0.1, 0.15) is 17.5 Å². The number of nitrogens with zero attached hydrogens (tertiary/aromatic N) is 1. The van der Waals surface area contributed by atoms with Crippen molar-refractivity contribution in [2.75, 3.05) is 29.6 Å². The van der Waals surface area contributed by atoms with Crippen molar-refractivity contribution in [2.45, 2.75) is 26.8 Å². The number of aryl methyl sites for hydroxylation is 1. The lowest BCUT2D eigenvalue weighted by molar-refractivity contribution is -0.116. The van der Waals surface area contributed by atoms with Gasteiger partial charge < -0.3 is 14.8 Å². The molecule has 1 N–H and O–H groups in total. The van der Waals surface area contributed by atoms with Crippen LogP contribution in [0.3, 0.4) is 0 Å². The van der Waals surface area contributed by atoms with Crippen molar-refractivity contribution in [3.8, 4) is 11.5 Å². The highest BCUT2D eigenvalue weighted by atomic mass is 32.2. The van der Waals surface area contributed by atoms with E-state index < -0.39 is 22.0 Å². The minimum Gasteiger partial charge on any atom is -0.495 e. The summed E-state index contributed by atoms with van der Waals surface area (Å²) in [5.74, 6) is 0.655. The van der Waals surface area contributed by atoms with Crippen LogP contribution in [0.5, 0.6) is 11.5 Å². The van der Waals surface area contributed by atoms with E-state index in [0.717, 1.165) is 16.1 Å². The average molecular weight is 407 g/mol. The Bertz CT molecular complexity index is 926. The van der Waals surface area contributed by atoms with Gasteiger partial charge in [-0.15, -0.1) is 0 Å². The molecule has 1 amide bonds. The number of rotatable bonds is 8. The highest BCUT2D eigenvalue weighted by Gasteiger charge is 2.29. The Labute approximate surface area is 166 Å².